The number of anilines is 1. The molecule has 1 heterocycles. The Kier molecular flexibility index (Phi) is 7.37. The van der Waals surface area contributed by atoms with Gasteiger partial charge in [-0.25, -0.2) is 4.98 Å². The Morgan fingerprint density at radius 2 is 2.15 bits per heavy atom. The molecule has 0 fully saturated rings. The number of nitrogens with zero attached hydrogens (tertiary/aromatic N) is 4. The summed E-state index contributed by atoms with van der Waals surface area (Å²) < 4.78 is 26.5. The molecule has 0 aliphatic rings. The third-order valence-electron chi connectivity index (χ3n) is 4.02. The van der Waals surface area contributed by atoms with Crippen molar-refractivity contribution in [2.24, 2.45) is 4.99 Å². The van der Waals surface area contributed by atoms with E-state index in [2.05, 4.69) is 57.6 Å². The maximum Gasteiger partial charge on any atom is 0.319 e. The summed E-state index contributed by atoms with van der Waals surface area (Å²) in [4.78, 5) is 10.3. The lowest BCUT2D eigenvalue weighted by Crippen LogP contribution is -2.41. The Morgan fingerprint density at radius 1 is 1.35 bits per heavy atom. The van der Waals surface area contributed by atoms with Crippen LogP contribution < -0.4 is 15.5 Å². The molecule has 1 aromatic heterocycles. The molecule has 0 atom stereocenters. The van der Waals surface area contributed by atoms with E-state index in [1.165, 1.54) is 23.6 Å². The van der Waals surface area contributed by atoms with Gasteiger partial charge in [-0.2, -0.15) is 8.78 Å². The maximum absolute atomic E-state index is 12.8. The molecule has 2 N–H and O–H groups in total. The van der Waals surface area contributed by atoms with Crippen LogP contribution in [0.25, 0.3) is 0 Å². The number of aryl methyl sites for hydroxylation is 1. The van der Waals surface area contributed by atoms with Crippen LogP contribution in [-0.4, -0.2) is 42.2 Å². The lowest BCUT2D eigenvalue weighted by Gasteiger charge is -2.24. The lowest BCUT2D eigenvalue weighted by molar-refractivity contribution is 0.0668. The topological polar surface area (TPSA) is 57.5 Å². The van der Waals surface area contributed by atoms with Gasteiger partial charge in [-0.15, -0.1) is 0 Å². The normalized spacial score (nSPS) is 11.7. The molecule has 0 bridgehead atoms. The van der Waals surface area contributed by atoms with E-state index in [9.17, 15) is 8.78 Å². The Balaban J connectivity index is 1.83. The second-order valence-corrected chi connectivity index (χ2v) is 5.80. The summed E-state index contributed by atoms with van der Waals surface area (Å²) in [5, 5.41) is 6.21. The van der Waals surface area contributed by atoms with E-state index in [4.69, 9.17) is 0 Å². The molecule has 0 amide bonds. The fourth-order valence-electron chi connectivity index (χ4n) is 2.65. The van der Waals surface area contributed by atoms with Crippen LogP contribution in [0.2, 0.25) is 0 Å². The molecule has 0 saturated carbocycles. The lowest BCUT2D eigenvalue weighted by atomic mass is 10.2. The summed E-state index contributed by atoms with van der Waals surface area (Å²) in [7, 11) is 1.65. The van der Waals surface area contributed by atoms with Crippen molar-refractivity contribution in [3.63, 3.8) is 0 Å². The molecule has 1 aromatic carbocycles. The van der Waals surface area contributed by atoms with Crippen molar-refractivity contribution in [1.29, 1.82) is 0 Å². The van der Waals surface area contributed by atoms with Crippen LogP contribution in [0.3, 0.4) is 0 Å². The summed E-state index contributed by atoms with van der Waals surface area (Å²) in [5.41, 5.74) is 2.40. The van der Waals surface area contributed by atoms with Crippen molar-refractivity contribution < 1.29 is 8.78 Å². The van der Waals surface area contributed by atoms with Gasteiger partial charge in [0.25, 0.3) is 0 Å². The predicted octanol–water partition coefficient (Wildman–Crippen LogP) is 2.78. The second-order valence-electron chi connectivity index (χ2n) is 5.80. The third-order valence-corrected chi connectivity index (χ3v) is 4.02. The highest BCUT2D eigenvalue weighted by atomic mass is 19.3. The standard InChI is InChI=1S/C18H26F2N6/c1-4-25(15-7-5-6-14(2)12-15)10-8-23-18(21-3)24-13-16-22-9-11-26(16)17(19)20/h5-7,9,11-12,17H,4,8,10,13H2,1-3H3,(H2,21,23,24). The Labute approximate surface area is 152 Å². The zero-order chi connectivity index (χ0) is 18.9. The molecule has 2 rings (SSSR count). The highest BCUT2D eigenvalue weighted by molar-refractivity contribution is 5.79. The van der Waals surface area contributed by atoms with Gasteiger partial charge in [-0.05, 0) is 31.5 Å². The van der Waals surface area contributed by atoms with Crippen LogP contribution in [0.15, 0.2) is 41.7 Å². The number of hydrogen-bond acceptors (Lipinski definition) is 3. The van der Waals surface area contributed by atoms with Gasteiger partial charge in [0.2, 0.25) is 0 Å². The van der Waals surface area contributed by atoms with Crippen molar-refractivity contribution >= 4 is 11.6 Å². The van der Waals surface area contributed by atoms with Crippen LogP contribution >= 0.6 is 0 Å². The number of imidazole rings is 1. The van der Waals surface area contributed by atoms with E-state index in [1.807, 2.05) is 6.07 Å². The number of aliphatic imine (C=N–C) groups is 1. The SMILES string of the molecule is CCN(CCNC(=NC)NCc1nccn1C(F)F)c1cccc(C)c1. The Hall–Kier alpha value is -2.64. The predicted molar refractivity (Wildman–Crippen MR) is 101 cm³/mol. The fourth-order valence-corrected chi connectivity index (χ4v) is 2.65. The number of rotatable bonds is 8. The zero-order valence-corrected chi connectivity index (χ0v) is 15.4. The van der Waals surface area contributed by atoms with Crippen molar-refractivity contribution in [2.75, 3.05) is 31.6 Å². The maximum atomic E-state index is 12.8. The average Bonchev–Trinajstić information content (AvgIpc) is 3.10. The number of hydrogen-bond donors (Lipinski definition) is 2. The van der Waals surface area contributed by atoms with Gasteiger partial charge in [0, 0.05) is 44.8 Å². The van der Waals surface area contributed by atoms with E-state index in [1.54, 1.807) is 7.05 Å². The summed E-state index contributed by atoms with van der Waals surface area (Å²) in [6.45, 7) is 4.12. The monoisotopic (exact) mass is 364 g/mol. The second kappa shape index (κ2) is 9.74. The number of benzene rings is 1. The number of halogens is 2. The van der Waals surface area contributed by atoms with E-state index >= 15 is 0 Å². The van der Waals surface area contributed by atoms with Gasteiger partial charge in [0.05, 0.1) is 6.54 Å². The molecule has 0 unspecified atom stereocenters. The molecule has 0 spiro atoms. The molecular formula is C18H26F2N6. The van der Waals surface area contributed by atoms with Gasteiger partial charge < -0.3 is 15.5 Å². The first-order valence-electron chi connectivity index (χ1n) is 8.61. The van der Waals surface area contributed by atoms with Gasteiger partial charge in [0.1, 0.15) is 5.82 Å². The van der Waals surface area contributed by atoms with Crippen molar-refractivity contribution in [3.05, 3.63) is 48.0 Å². The number of likely N-dealkylation sites (N-methyl/N-ethyl adjacent to an activating group) is 1. The highest BCUT2D eigenvalue weighted by Gasteiger charge is 2.11. The van der Waals surface area contributed by atoms with E-state index in [0.717, 1.165) is 17.7 Å². The largest absolute Gasteiger partial charge is 0.370 e. The molecule has 0 aliphatic heterocycles. The molecule has 0 saturated heterocycles. The minimum absolute atomic E-state index is 0.173. The van der Waals surface area contributed by atoms with Crippen molar-refractivity contribution in [3.8, 4) is 0 Å². The Bertz CT molecular complexity index is 713. The number of guanidine groups is 1. The quantitative estimate of drug-likeness (QED) is 0.559. The first-order chi connectivity index (χ1) is 12.5. The molecule has 26 heavy (non-hydrogen) atoms. The van der Waals surface area contributed by atoms with Gasteiger partial charge in [0.15, 0.2) is 5.96 Å². The van der Waals surface area contributed by atoms with Crippen LogP contribution in [-0.2, 0) is 6.54 Å². The summed E-state index contributed by atoms with van der Waals surface area (Å²) >= 11 is 0. The van der Waals surface area contributed by atoms with E-state index in [-0.39, 0.29) is 12.4 Å². The smallest absolute Gasteiger partial charge is 0.319 e. The molecule has 0 radical (unpaired) electrons. The van der Waals surface area contributed by atoms with Crippen LogP contribution in [0, 0.1) is 6.92 Å². The summed E-state index contributed by atoms with van der Waals surface area (Å²) in [6.07, 6.45) is 2.62. The minimum Gasteiger partial charge on any atom is -0.370 e. The molecule has 142 valence electrons. The van der Waals surface area contributed by atoms with Crippen molar-refractivity contribution in [1.82, 2.24) is 20.2 Å². The number of alkyl halides is 2. The molecule has 8 heteroatoms. The molecule has 0 aliphatic carbocycles. The third kappa shape index (κ3) is 5.44. The minimum atomic E-state index is -2.60. The zero-order valence-electron chi connectivity index (χ0n) is 15.4. The van der Waals surface area contributed by atoms with Gasteiger partial charge in [-0.3, -0.25) is 9.56 Å². The molecule has 6 nitrogen and oxygen atoms in total. The molecular weight excluding hydrogens is 338 g/mol. The van der Waals surface area contributed by atoms with Gasteiger partial charge >= 0.3 is 6.55 Å². The average molecular weight is 364 g/mol. The van der Waals surface area contributed by atoms with Crippen LogP contribution in [0.5, 0.6) is 0 Å². The first kappa shape index (κ1) is 19.7. The number of nitrogens with one attached hydrogen (secondary N) is 2. The highest BCUT2D eigenvalue weighted by Crippen LogP contribution is 2.15. The van der Waals surface area contributed by atoms with E-state index in [0.29, 0.717) is 12.5 Å². The Morgan fingerprint density at radius 3 is 2.81 bits per heavy atom. The first-order valence-corrected chi connectivity index (χ1v) is 8.61. The van der Waals surface area contributed by atoms with Crippen LogP contribution in [0.4, 0.5) is 14.5 Å². The van der Waals surface area contributed by atoms with Gasteiger partial charge in [-0.1, -0.05) is 12.1 Å². The summed E-state index contributed by atoms with van der Waals surface area (Å²) in [6, 6.07) is 8.37. The summed E-state index contributed by atoms with van der Waals surface area (Å²) in [5.74, 6) is 0.812. The number of aromatic nitrogens is 2. The fraction of sp³-hybridized carbons (Fsp3) is 0.444. The molecule has 2 aromatic rings. The van der Waals surface area contributed by atoms with E-state index < -0.39 is 6.55 Å². The van der Waals surface area contributed by atoms with Crippen LogP contribution in [0.1, 0.15) is 24.9 Å². The van der Waals surface area contributed by atoms with Crippen molar-refractivity contribution in [2.45, 2.75) is 26.9 Å².